The number of aromatic nitrogens is 1. The van der Waals surface area contributed by atoms with Crippen molar-refractivity contribution in [2.24, 2.45) is 10.4 Å². The number of allylic oxidation sites excluding steroid dienone is 4. The molecule has 1 aliphatic heterocycles. The summed E-state index contributed by atoms with van der Waals surface area (Å²) >= 11 is 2.83. The van der Waals surface area contributed by atoms with Crippen LogP contribution in [-0.2, 0) is 19.2 Å². The summed E-state index contributed by atoms with van der Waals surface area (Å²) < 4.78 is 6.56. The van der Waals surface area contributed by atoms with Gasteiger partial charge in [0.2, 0.25) is 5.91 Å². The first-order valence-corrected chi connectivity index (χ1v) is 16.4. The second kappa shape index (κ2) is 12.8. The van der Waals surface area contributed by atoms with E-state index in [1.165, 1.54) is 39.0 Å². The summed E-state index contributed by atoms with van der Waals surface area (Å²) in [5, 5.41) is 12.3. The highest BCUT2D eigenvalue weighted by Crippen LogP contribution is 2.36. The molecule has 5 rings (SSSR count). The molecule has 0 spiro atoms. The van der Waals surface area contributed by atoms with Crippen molar-refractivity contribution in [3.8, 4) is 5.75 Å². The Hall–Kier alpha value is -4.36. The molecule has 0 saturated carbocycles. The van der Waals surface area contributed by atoms with E-state index in [2.05, 4.69) is 9.98 Å². The van der Waals surface area contributed by atoms with Crippen LogP contribution in [0.25, 0.3) is 21.0 Å². The molecule has 13 heteroatoms. The minimum atomic E-state index is -0.948. The lowest BCUT2D eigenvalue weighted by Crippen LogP contribution is -2.43. The Bertz CT molecular complexity index is 1910. The molecule has 3 aromatic rings. The van der Waals surface area contributed by atoms with E-state index in [9.17, 15) is 29.1 Å². The van der Waals surface area contributed by atoms with Gasteiger partial charge in [0.15, 0.2) is 17.6 Å². The van der Waals surface area contributed by atoms with Gasteiger partial charge in [0.1, 0.15) is 15.8 Å². The summed E-state index contributed by atoms with van der Waals surface area (Å²) in [5.74, 6) is -0.851. The van der Waals surface area contributed by atoms with E-state index in [1.807, 2.05) is 18.2 Å². The maximum atomic E-state index is 13.3. The van der Waals surface area contributed by atoms with E-state index >= 15 is 0 Å². The smallest absolute Gasteiger partial charge is 0.415 e. The Morgan fingerprint density at radius 1 is 1.04 bits per heavy atom. The number of benzene rings is 2. The van der Waals surface area contributed by atoms with Gasteiger partial charge in [-0.05, 0) is 56.0 Å². The summed E-state index contributed by atoms with van der Waals surface area (Å²) in [6, 6.07) is 8.33. The number of hydrogen-bond acceptors (Lipinski definition) is 10. The fourth-order valence-corrected chi connectivity index (χ4v) is 7.46. The lowest BCUT2D eigenvalue weighted by Gasteiger charge is -2.31. The number of aliphatic carboxylic acids is 1. The maximum Gasteiger partial charge on any atom is 0.415 e. The molecule has 240 valence electrons. The summed E-state index contributed by atoms with van der Waals surface area (Å²) in [6.45, 7) is 7.16. The number of carbonyl (C=O) groups excluding carboxylic acids is 4. The van der Waals surface area contributed by atoms with Gasteiger partial charge >= 0.3 is 12.1 Å². The van der Waals surface area contributed by atoms with Crippen LogP contribution in [0.2, 0.25) is 0 Å². The molecule has 0 saturated heterocycles. The Labute approximate surface area is 274 Å². The number of Topliss-reactive ketones (excluding diaryl/α,β-unsaturated/α-hetero) is 1. The van der Waals surface area contributed by atoms with Crippen LogP contribution in [0.3, 0.4) is 0 Å². The number of thioether (sulfide) groups is 1. The van der Waals surface area contributed by atoms with Crippen molar-refractivity contribution >= 4 is 78.7 Å². The van der Waals surface area contributed by atoms with Crippen molar-refractivity contribution in [2.45, 2.75) is 40.2 Å². The number of thiazole rings is 1. The van der Waals surface area contributed by atoms with Crippen molar-refractivity contribution in [2.75, 3.05) is 32.9 Å². The number of fused-ring (bicyclic) bond motifs is 3. The Balaban J connectivity index is 1.19. The second-order valence-corrected chi connectivity index (χ2v) is 14.1. The molecule has 0 bridgehead atoms. The summed E-state index contributed by atoms with van der Waals surface area (Å²) in [6.07, 6.45) is 0.870. The monoisotopic (exact) mass is 662 g/mol. The molecule has 1 atom stereocenters. The van der Waals surface area contributed by atoms with E-state index in [-0.39, 0.29) is 37.0 Å². The fraction of sp³-hybridized carbons (Fsp3) is 0.364. The molecule has 46 heavy (non-hydrogen) atoms. The average Bonchev–Trinajstić information content (AvgIpc) is 3.69. The Kier molecular flexibility index (Phi) is 9.19. The van der Waals surface area contributed by atoms with E-state index in [0.717, 1.165) is 21.0 Å². The summed E-state index contributed by atoms with van der Waals surface area (Å²) in [4.78, 5) is 74.3. The lowest BCUT2D eigenvalue weighted by atomic mass is 9.79. The van der Waals surface area contributed by atoms with Crippen molar-refractivity contribution in [1.29, 1.82) is 0 Å². The molecule has 2 heterocycles. The van der Waals surface area contributed by atoms with Crippen LogP contribution >= 0.6 is 23.1 Å². The SMILES string of the molecule is CC1=C(C)C(=O)C(CC(C)(C)C(=O)N(C)CCN(C)C(=O)Oc2ccc3c(ccc4nc(C5=NC(C(=O)O)CS5)sc43)c2)=CC1=O. The van der Waals surface area contributed by atoms with Gasteiger partial charge in [0.25, 0.3) is 0 Å². The first kappa shape index (κ1) is 33.0. The fourth-order valence-electron chi connectivity index (χ4n) is 5.26. The minimum Gasteiger partial charge on any atom is -0.480 e. The van der Waals surface area contributed by atoms with Gasteiger partial charge in [0.05, 0.1) is 10.2 Å². The number of ketones is 2. The normalized spacial score (nSPS) is 17.0. The third-order valence-corrected chi connectivity index (χ3v) is 10.5. The molecular formula is C33H34N4O7S2. The molecule has 1 aromatic heterocycles. The highest BCUT2D eigenvalue weighted by molar-refractivity contribution is 8.15. The van der Waals surface area contributed by atoms with Crippen LogP contribution in [0.1, 0.15) is 39.1 Å². The number of ether oxygens (including phenoxy) is 1. The number of carbonyl (C=O) groups is 5. The van der Waals surface area contributed by atoms with Crippen molar-refractivity contribution in [1.82, 2.24) is 14.8 Å². The molecule has 11 nitrogen and oxygen atoms in total. The standard InChI is InChI=1S/C33H34N4O7S2/c1-17-18(2)26(39)20(14-25(17)38)15-33(3,4)31(42)36(5)11-12-37(6)32(43)44-21-8-9-22-19(13-21)7-10-23-27(22)46-29(34-23)28-35-24(16-45-28)30(40)41/h7-10,13-14,24H,11-12,15-16H2,1-6H3,(H,40,41). The van der Waals surface area contributed by atoms with Crippen molar-refractivity contribution in [3.05, 3.63) is 58.1 Å². The van der Waals surface area contributed by atoms with E-state index < -0.39 is 23.5 Å². The molecule has 0 fully saturated rings. The minimum absolute atomic E-state index is 0.124. The number of carboxylic acids is 1. The predicted molar refractivity (Wildman–Crippen MR) is 179 cm³/mol. The van der Waals surface area contributed by atoms with Crippen LogP contribution in [0, 0.1) is 5.41 Å². The number of aliphatic imine (C=N–C) groups is 1. The first-order valence-electron chi connectivity index (χ1n) is 14.6. The van der Waals surface area contributed by atoms with Gasteiger partial charge in [-0.2, -0.15) is 0 Å². The van der Waals surface area contributed by atoms with Crippen molar-refractivity contribution in [3.63, 3.8) is 0 Å². The van der Waals surface area contributed by atoms with Gasteiger partial charge in [-0.1, -0.05) is 19.9 Å². The van der Waals surface area contributed by atoms with Gasteiger partial charge in [-0.3, -0.25) is 19.4 Å². The lowest BCUT2D eigenvalue weighted by molar-refractivity contribution is -0.139. The first-order chi connectivity index (χ1) is 21.7. The Morgan fingerprint density at radius 2 is 1.76 bits per heavy atom. The van der Waals surface area contributed by atoms with Gasteiger partial charge in [-0.25, -0.2) is 14.6 Å². The van der Waals surface area contributed by atoms with Gasteiger partial charge in [0, 0.05) is 60.5 Å². The molecule has 0 radical (unpaired) electrons. The number of hydrogen-bond donors (Lipinski definition) is 1. The molecule has 2 aliphatic rings. The summed E-state index contributed by atoms with van der Waals surface area (Å²) in [7, 11) is 3.22. The zero-order valence-corrected chi connectivity index (χ0v) is 28.0. The van der Waals surface area contributed by atoms with Crippen LogP contribution in [0.5, 0.6) is 5.75 Å². The number of nitrogens with zero attached hydrogens (tertiary/aromatic N) is 4. The molecule has 2 aromatic carbocycles. The van der Waals surface area contributed by atoms with E-state index in [1.54, 1.807) is 53.9 Å². The largest absolute Gasteiger partial charge is 0.480 e. The number of carboxylic acid groups (broad SMARTS) is 1. The van der Waals surface area contributed by atoms with Crippen LogP contribution in [0.15, 0.2) is 58.1 Å². The van der Waals surface area contributed by atoms with E-state index in [4.69, 9.17) is 4.74 Å². The summed E-state index contributed by atoms with van der Waals surface area (Å²) in [5.41, 5.74) is 0.984. The van der Waals surface area contributed by atoms with Gasteiger partial charge in [-0.15, -0.1) is 23.1 Å². The number of likely N-dealkylation sites (N-methyl/N-ethyl adjacent to an activating group) is 2. The average molecular weight is 663 g/mol. The Morgan fingerprint density at radius 3 is 2.46 bits per heavy atom. The van der Waals surface area contributed by atoms with Crippen LogP contribution < -0.4 is 4.74 Å². The molecular weight excluding hydrogens is 629 g/mol. The highest BCUT2D eigenvalue weighted by atomic mass is 32.2. The molecule has 2 amide bonds. The number of amides is 2. The second-order valence-electron chi connectivity index (χ2n) is 12.1. The van der Waals surface area contributed by atoms with E-state index in [0.29, 0.717) is 38.3 Å². The third-order valence-electron chi connectivity index (χ3n) is 8.18. The van der Waals surface area contributed by atoms with Gasteiger partial charge < -0.3 is 19.6 Å². The van der Waals surface area contributed by atoms with Crippen molar-refractivity contribution < 1.29 is 33.8 Å². The molecule has 1 N–H and O–H groups in total. The molecule has 1 aliphatic carbocycles. The highest BCUT2D eigenvalue weighted by Gasteiger charge is 2.35. The maximum absolute atomic E-state index is 13.3. The quantitative estimate of drug-likeness (QED) is 0.309. The predicted octanol–water partition coefficient (Wildman–Crippen LogP) is 5.12. The zero-order valence-electron chi connectivity index (χ0n) is 26.4. The third kappa shape index (κ3) is 6.61. The topological polar surface area (TPSA) is 147 Å². The van der Waals surface area contributed by atoms with Crippen LogP contribution in [0.4, 0.5) is 4.79 Å². The zero-order chi connectivity index (χ0) is 33.5. The van der Waals surface area contributed by atoms with Crippen LogP contribution in [-0.4, -0.2) is 93.4 Å². The number of rotatable bonds is 9. The molecule has 1 unspecified atom stereocenters.